The van der Waals surface area contributed by atoms with Crippen LogP contribution in [0, 0.1) is 0 Å². The number of carbonyl (C=O) groups excluding carboxylic acids is 2. The van der Waals surface area contributed by atoms with E-state index in [1.165, 1.54) is 4.90 Å². The van der Waals surface area contributed by atoms with E-state index in [4.69, 9.17) is 19.9 Å². The lowest BCUT2D eigenvalue weighted by Gasteiger charge is -2.30. The number of likely N-dealkylation sites (tertiary alicyclic amines) is 1. The van der Waals surface area contributed by atoms with Crippen LogP contribution in [0.15, 0.2) is 79.0 Å². The maximum Gasteiger partial charge on any atom is 0.490 e. The number of hydrogen-bond donors (Lipinski definition) is 2. The van der Waals surface area contributed by atoms with Crippen molar-refractivity contribution in [2.75, 3.05) is 24.2 Å². The highest BCUT2D eigenvalue weighted by Gasteiger charge is 2.46. The second-order valence-electron chi connectivity index (χ2n) is 11.2. The summed E-state index contributed by atoms with van der Waals surface area (Å²) in [5, 5.41) is 4.86. The Hall–Kier alpha value is -5.00. The van der Waals surface area contributed by atoms with E-state index >= 15 is 0 Å². The van der Waals surface area contributed by atoms with Gasteiger partial charge in [-0.2, -0.15) is 13.2 Å². The van der Waals surface area contributed by atoms with Crippen LogP contribution in [0.5, 0.6) is 11.5 Å². The number of nitrogens with two attached hydrogens (primary N) is 1. The number of anilines is 2. The van der Waals surface area contributed by atoms with Crippen molar-refractivity contribution in [2.45, 2.75) is 57.7 Å². The zero-order valence-corrected chi connectivity index (χ0v) is 25.6. The highest BCUT2D eigenvalue weighted by Crippen LogP contribution is 2.39. The van der Waals surface area contributed by atoms with Crippen LogP contribution in [-0.4, -0.2) is 53.3 Å². The predicted octanol–water partition coefficient (Wildman–Crippen LogP) is 6.60. The molecule has 1 fully saturated rings. The number of ether oxygens (including phenoxy) is 3. The molecule has 1 aliphatic rings. The summed E-state index contributed by atoms with van der Waals surface area (Å²) in [5.41, 5.74) is 7.86. The van der Waals surface area contributed by atoms with Crippen LogP contribution in [0.4, 0.5) is 24.7 Å². The molecule has 0 spiro atoms. The minimum Gasteiger partial charge on any atom is -0.490 e. The fourth-order valence-corrected chi connectivity index (χ4v) is 5.57. The molecule has 5 rings (SSSR count). The zero-order chi connectivity index (χ0) is 33.0. The summed E-state index contributed by atoms with van der Waals surface area (Å²) in [7, 11) is 0. The van der Waals surface area contributed by atoms with E-state index in [0.717, 1.165) is 10.8 Å². The van der Waals surface area contributed by atoms with Gasteiger partial charge in [0.25, 0.3) is 0 Å². The third-order valence-corrected chi connectivity index (χ3v) is 7.55. The van der Waals surface area contributed by atoms with Gasteiger partial charge in [-0.05, 0) is 73.7 Å². The van der Waals surface area contributed by atoms with Crippen molar-refractivity contribution < 1.29 is 37.0 Å². The van der Waals surface area contributed by atoms with Crippen LogP contribution in [0.3, 0.4) is 0 Å². The minimum atomic E-state index is -5.16. The van der Waals surface area contributed by atoms with E-state index in [1.54, 1.807) is 72.9 Å². The van der Waals surface area contributed by atoms with E-state index in [-0.39, 0.29) is 19.1 Å². The SMILES string of the molecule is CCOc1cc([C@@H](Nc2ccc3c(N)nccc3c2)C(=O)N2C[C@H](OC(=O)C(F)(F)F)C[C@@H]2c2ccccc2)ccc1OC(C)C. The number of amides is 1. The standard InChI is InChI=1S/C34H35F3N4O5/c1-4-44-29-17-23(10-13-28(29)45-20(2)3)30(40-24-11-12-26-22(16-24)14-15-39-31(26)38)32(42)41-19-25(46-33(43)34(35,36)37)18-27(41)21-8-6-5-7-9-21/h5-17,20,25,27,30,40H,4,18-19H2,1-3H3,(H2,38,39)/t25-,27-,30-/m1/s1. The number of nitrogens with one attached hydrogen (secondary N) is 1. The highest BCUT2D eigenvalue weighted by molar-refractivity contribution is 5.94. The van der Waals surface area contributed by atoms with Gasteiger partial charge in [-0.15, -0.1) is 0 Å². The zero-order valence-electron chi connectivity index (χ0n) is 25.6. The van der Waals surface area contributed by atoms with Gasteiger partial charge in [-0.3, -0.25) is 4.79 Å². The Bertz CT molecular complexity index is 1700. The van der Waals surface area contributed by atoms with Crippen molar-refractivity contribution in [3.05, 3.63) is 90.1 Å². The van der Waals surface area contributed by atoms with Crippen molar-refractivity contribution in [1.29, 1.82) is 0 Å². The molecule has 0 unspecified atom stereocenters. The Morgan fingerprint density at radius 1 is 1.04 bits per heavy atom. The van der Waals surface area contributed by atoms with E-state index in [0.29, 0.717) is 40.7 Å². The molecule has 9 nitrogen and oxygen atoms in total. The smallest absolute Gasteiger partial charge is 0.490 e. The molecular weight excluding hydrogens is 601 g/mol. The van der Waals surface area contributed by atoms with Gasteiger partial charge >= 0.3 is 12.1 Å². The number of rotatable bonds is 10. The molecule has 0 bridgehead atoms. The summed E-state index contributed by atoms with van der Waals surface area (Å²) in [6, 6.07) is 19.6. The first-order chi connectivity index (χ1) is 21.9. The molecule has 12 heteroatoms. The summed E-state index contributed by atoms with van der Waals surface area (Å²) in [5.74, 6) is -1.43. The van der Waals surface area contributed by atoms with E-state index in [1.807, 2.05) is 26.8 Å². The molecule has 1 aliphatic heterocycles. The number of esters is 1. The summed E-state index contributed by atoms with van der Waals surface area (Å²) >= 11 is 0. The first kappa shape index (κ1) is 32.4. The van der Waals surface area contributed by atoms with E-state index < -0.39 is 36.2 Å². The Kier molecular flexibility index (Phi) is 9.54. The average Bonchev–Trinajstić information content (AvgIpc) is 3.44. The highest BCUT2D eigenvalue weighted by atomic mass is 19.4. The number of pyridine rings is 1. The lowest BCUT2D eigenvalue weighted by Crippen LogP contribution is -2.39. The molecule has 1 saturated heterocycles. The van der Waals surface area contributed by atoms with Crippen LogP contribution in [0.1, 0.15) is 50.4 Å². The molecule has 2 heterocycles. The molecule has 4 aromatic rings. The third-order valence-electron chi connectivity index (χ3n) is 7.55. The van der Waals surface area contributed by atoms with Crippen molar-refractivity contribution in [2.24, 2.45) is 0 Å². The van der Waals surface area contributed by atoms with Crippen LogP contribution < -0.4 is 20.5 Å². The maximum absolute atomic E-state index is 14.6. The number of fused-ring (bicyclic) bond motifs is 1. The van der Waals surface area contributed by atoms with Crippen molar-refractivity contribution in [3.63, 3.8) is 0 Å². The first-order valence-corrected chi connectivity index (χ1v) is 14.9. The Morgan fingerprint density at radius 2 is 1.80 bits per heavy atom. The van der Waals surface area contributed by atoms with Crippen LogP contribution in [0.25, 0.3) is 10.8 Å². The number of hydrogen-bond acceptors (Lipinski definition) is 8. The Balaban J connectivity index is 1.56. The van der Waals surface area contributed by atoms with Gasteiger partial charge < -0.3 is 30.2 Å². The second-order valence-corrected chi connectivity index (χ2v) is 11.2. The van der Waals surface area contributed by atoms with Crippen LogP contribution >= 0.6 is 0 Å². The number of aromatic nitrogens is 1. The van der Waals surface area contributed by atoms with Gasteiger partial charge in [-0.1, -0.05) is 36.4 Å². The van der Waals surface area contributed by atoms with E-state index in [2.05, 4.69) is 10.3 Å². The molecule has 3 N–H and O–H groups in total. The van der Waals surface area contributed by atoms with Gasteiger partial charge in [0.2, 0.25) is 5.91 Å². The lowest BCUT2D eigenvalue weighted by molar-refractivity contribution is -0.204. The summed E-state index contributed by atoms with van der Waals surface area (Å²) in [4.78, 5) is 32.0. The number of benzene rings is 3. The quantitative estimate of drug-likeness (QED) is 0.187. The molecule has 1 amide bonds. The third kappa shape index (κ3) is 7.27. The monoisotopic (exact) mass is 636 g/mol. The van der Waals surface area contributed by atoms with Gasteiger partial charge in [0.05, 0.1) is 25.3 Å². The number of halogens is 3. The largest absolute Gasteiger partial charge is 0.490 e. The van der Waals surface area contributed by atoms with Gasteiger partial charge in [0.15, 0.2) is 11.5 Å². The van der Waals surface area contributed by atoms with E-state index in [9.17, 15) is 22.8 Å². The van der Waals surface area contributed by atoms with Gasteiger partial charge in [0.1, 0.15) is 18.0 Å². The maximum atomic E-state index is 14.6. The van der Waals surface area contributed by atoms with Crippen molar-refractivity contribution in [3.8, 4) is 11.5 Å². The molecule has 0 radical (unpaired) electrons. The predicted molar refractivity (Wildman–Crippen MR) is 167 cm³/mol. The molecule has 3 aromatic carbocycles. The fraction of sp³-hybridized carbons (Fsp3) is 0.324. The van der Waals surface area contributed by atoms with Crippen molar-refractivity contribution >= 4 is 34.2 Å². The second kappa shape index (κ2) is 13.6. The Morgan fingerprint density at radius 3 is 2.50 bits per heavy atom. The average molecular weight is 637 g/mol. The number of carbonyl (C=O) groups is 2. The first-order valence-electron chi connectivity index (χ1n) is 14.9. The molecular formula is C34H35F3N4O5. The minimum absolute atomic E-state index is 0.00208. The Labute approximate surface area is 264 Å². The van der Waals surface area contributed by atoms with Gasteiger partial charge in [-0.25, -0.2) is 9.78 Å². The number of alkyl halides is 3. The molecule has 242 valence electrons. The normalized spacial score (nSPS) is 17.2. The lowest BCUT2D eigenvalue weighted by atomic mass is 10.0. The van der Waals surface area contributed by atoms with Crippen molar-refractivity contribution in [1.82, 2.24) is 9.88 Å². The molecule has 0 aliphatic carbocycles. The molecule has 3 atom stereocenters. The summed E-state index contributed by atoms with van der Waals surface area (Å²) in [6.45, 7) is 5.72. The van der Waals surface area contributed by atoms with Gasteiger partial charge in [0, 0.05) is 23.7 Å². The van der Waals surface area contributed by atoms with Crippen LogP contribution in [-0.2, 0) is 14.3 Å². The molecule has 1 aromatic heterocycles. The molecule has 46 heavy (non-hydrogen) atoms. The molecule has 0 saturated carbocycles. The number of nitrogen functional groups attached to an aromatic ring is 1. The topological polar surface area (TPSA) is 116 Å². The fourth-order valence-electron chi connectivity index (χ4n) is 5.57. The number of nitrogens with zero attached hydrogens (tertiary/aromatic N) is 2. The van der Waals surface area contributed by atoms with Crippen LogP contribution in [0.2, 0.25) is 0 Å². The summed E-state index contributed by atoms with van der Waals surface area (Å²) in [6.07, 6.45) is -4.87. The summed E-state index contributed by atoms with van der Waals surface area (Å²) < 4.78 is 56.0.